The molecule has 0 saturated heterocycles. The molecule has 3 aromatic rings. The Morgan fingerprint density at radius 2 is 1.69 bits per heavy atom. The Kier molecular flexibility index (Phi) is 7.20. The smallest absolute Gasteiger partial charge is 0.416 e. The van der Waals surface area contributed by atoms with Crippen molar-refractivity contribution in [2.45, 2.75) is 19.5 Å². The molecule has 0 unspecified atom stereocenters. The number of carboxylic acid groups (broad SMARTS) is 1. The van der Waals surface area contributed by atoms with Gasteiger partial charge in [0.25, 0.3) is 0 Å². The highest BCUT2D eigenvalue weighted by atomic mass is 19.4. The predicted octanol–water partition coefficient (Wildman–Crippen LogP) is 6.53. The third kappa shape index (κ3) is 6.38. The fraction of sp³-hybridized carbons (Fsp3) is 0.160. The van der Waals surface area contributed by atoms with E-state index in [0.717, 1.165) is 17.7 Å². The molecular weight excluding hydrogens is 421 g/mol. The summed E-state index contributed by atoms with van der Waals surface area (Å²) in [4.78, 5) is 11.0. The van der Waals surface area contributed by atoms with Gasteiger partial charge in [-0.1, -0.05) is 36.4 Å². The SMILES string of the molecule is Cc1c(CC(=O)O)cccc1Oc1cccc(OCC=Cc2ccc(C(F)(F)F)cc2)c1. The zero-order valence-electron chi connectivity index (χ0n) is 17.2. The molecule has 0 bridgehead atoms. The van der Waals surface area contributed by atoms with Gasteiger partial charge in [0.15, 0.2) is 0 Å². The van der Waals surface area contributed by atoms with Crippen molar-refractivity contribution < 1.29 is 32.5 Å². The van der Waals surface area contributed by atoms with Crippen LogP contribution in [0.3, 0.4) is 0 Å². The van der Waals surface area contributed by atoms with Gasteiger partial charge in [-0.3, -0.25) is 4.79 Å². The minimum absolute atomic E-state index is 0.0859. The first kappa shape index (κ1) is 22.9. The maximum atomic E-state index is 12.6. The van der Waals surface area contributed by atoms with Crippen LogP contribution in [-0.2, 0) is 17.4 Å². The Morgan fingerprint density at radius 1 is 1.00 bits per heavy atom. The van der Waals surface area contributed by atoms with E-state index in [1.165, 1.54) is 12.1 Å². The maximum absolute atomic E-state index is 12.6. The van der Waals surface area contributed by atoms with E-state index in [9.17, 15) is 18.0 Å². The number of alkyl halides is 3. The van der Waals surface area contributed by atoms with Crippen molar-refractivity contribution in [2.75, 3.05) is 6.61 Å². The lowest BCUT2D eigenvalue weighted by Crippen LogP contribution is -2.04. The summed E-state index contributed by atoms with van der Waals surface area (Å²) in [5.74, 6) is 0.733. The largest absolute Gasteiger partial charge is 0.489 e. The van der Waals surface area contributed by atoms with Gasteiger partial charge >= 0.3 is 12.1 Å². The van der Waals surface area contributed by atoms with E-state index >= 15 is 0 Å². The van der Waals surface area contributed by atoms with Crippen LogP contribution in [-0.4, -0.2) is 17.7 Å². The third-order valence-electron chi connectivity index (χ3n) is 4.67. The number of aliphatic carboxylic acids is 1. The van der Waals surface area contributed by atoms with Crippen molar-refractivity contribution in [3.63, 3.8) is 0 Å². The van der Waals surface area contributed by atoms with E-state index in [2.05, 4.69) is 0 Å². The normalized spacial score (nSPS) is 11.5. The molecule has 0 aromatic heterocycles. The Morgan fingerprint density at radius 3 is 2.38 bits per heavy atom. The van der Waals surface area contributed by atoms with Crippen LogP contribution in [0, 0.1) is 6.92 Å². The molecule has 0 aliphatic carbocycles. The van der Waals surface area contributed by atoms with E-state index in [1.807, 2.05) is 0 Å². The van der Waals surface area contributed by atoms with Crippen molar-refractivity contribution in [3.05, 3.63) is 95.1 Å². The van der Waals surface area contributed by atoms with Crippen LogP contribution in [0.15, 0.2) is 72.8 Å². The average molecular weight is 442 g/mol. The van der Waals surface area contributed by atoms with Gasteiger partial charge in [0.05, 0.1) is 12.0 Å². The standard InChI is InChI=1S/C25H21F3O4/c1-17-19(15-24(29)30)6-2-9-23(17)32-22-8-3-7-21(16-22)31-14-4-5-18-10-12-20(13-11-18)25(26,27)28/h2-13,16H,14-15H2,1H3,(H,29,30). The molecule has 32 heavy (non-hydrogen) atoms. The topological polar surface area (TPSA) is 55.8 Å². The van der Waals surface area contributed by atoms with Crippen LogP contribution < -0.4 is 9.47 Å². The van der Waals surface area contributed by atoms with Crippen LogP contribution in [0.5, 0.6) is 17.2 Å². The summed E-state index contributed by atoms with van der Waals surface area (Å²) < 4.78 is 49.4. The molecule has 3 aromatic carbocycles. The van der Waals surface area contributed by atoms with E-state index in [0.29, 0.717) is 28.4 Å². The van der Waals surface area contributed by atoms with Gasteiger partial charge < -0.3 is 14.6 Å². The lowest BCUT2D eigenvalue weighted by atomic mass is 10.1. The second kappa shape index (κ2) is 10.0. The minimum atomic E-state index is -4.35. The van der Waals surface area contributed by atoms with Crippen LogP contribution in [0.2, 0.25) is 0 Å². The zero-order valence-corrected chi connectivity index (χ0v) is 17.2. The van der Waals surface area contributed by atoms with Crippen LogP contribution in [0.1, 0.15) is 22.3 Å². The summed E-state index contributed by atoms with van der Waals surface area (Å²) in [6.45, 7) is 2.03. The number of hydrogen-bond donors (Lipinski definition) is 1. The third-order valence-corrected chi connectivity index (χ3v) is 4.67. The number of hydrogen-bond acceptors (Lipinski definition) is 3. The van der Waals surface area contributed by atoms with Gasteiger partial charge in [-0.05, 0) is 60.0 Å². The average Bonchev–Trinajstić information content (AvgIpc) is 2.74. The summed E-state index contributed by atoms with van der Waals surface area (Å²) >= 11 is 0. The van der Waals surface area contributed by atoms with Gasteiger partial charge in [0, 0.05) is 6.07 Å². The van der Waals surface area contributed by atoms with Crippen molar-refractivity contribution in [3.8, 4) is 17.2 Å². The highest BCUT2D eigenvalue weighted by Crippen LogP contribution is 2.30. The molecule has 7 heteroatoms. The minimum Gasteiger partial charge on any atom is -0.489 e. The maximum Gasteiger partial charge on any atom is 0.416 e. The molecule has 0 aliphatic heterocycles. The lowest BCUT2D eigenvalue weighted by molar-refractivity contribution is -0.138. The Hall–Kier alpha value is -3.74. The summed E-state index contributed by atoms with van der Waals surface area (Å²) in [7, 11) is 0. The molecular formula is C25H21F3O4. The fourth-order valence-corrected chi connectivity index (χ4v) is 2.99. The predicted molar refractivity (Wildman–Crippen MR) is 115 cm³/mol. The second-order valence-corrected chi connectivity index (χ2v) is 7.02. The first-order valence-electron chi connectivity index (χ1n) is 9.77. The molecule has 0 saturated carbocycles. The van der Waals surface area contributed by atoms with Crippen LogP contribution >= 0.6 is 0 Å². The van der Waals surface area contributed by atoms with Crippen molar-refractivity contribution in [1.29, 1.82) is 0 Å². The van der Waals surface area contributed by atoms with E-state index < -0.39 is 17.7 Å². The molecule has 0 heterocycles. The van der Waals surface area contributed by atoms with Crippen molar-refractivity contribution in [2.24, 2.45) is 0 Å². The first-order valence-corrected chi connectivity index (χ1v) is 9.77. The fourth-order valence-electron chi connectivity index (χ4n) is 2.99. The van der Waals surface area contributed by atoms with E-state index in [4.69, 9.17) is 14.6 Å². The molecule has 3 rings (SSSR count). The number of rotatable bonds is 8. The summed E-state index contributed by atoms with van der Waals surface area (Å²) in [6, 6.07) is 17.1. The van der Waals surface area contributed by atoms with Crippen LogP contribution in [0.25, 0.3) is 6.08 Å². The first-order chi connectivity index (χ1) is 15.2. The second-order valence-electron chi connectivity index (χ2n) is 7.02. The molecule has 0 spiro atoms. The monoisotopic (exact) mass is 442 g/mol. The number of halogens is 3. The van der Waals surface area contributed by atoms with Crippen LogP contribution in [0.4, 0.5) is 13.2 Å². The number of carbonyl (C=O) groups is 1. The van der Waals surface area contributed by atoms with E-state index in [-0.39, 0.29) is 13.0 Å². The molecule has 0 radical (unpaired) electrons. The summed E-state index contributed by atoms with van der Waals surface area (Å²) in [6.07, 6.45) is -1.06. The summed E-state index contributed by atoms with van der Waals surface area (Å²) in [5.41, 5.74) is 1.37. The summed E-state index contributed by atoms with van der Waals surface area (Å²) in [5, 5.41) is 9.02. The molecule has 166 valence electrons. The molecule has 4 nitrogen and oxygen atoms in total. The molecule has 0 aliphatic rings. The van der Waals surface area contributed by atoms with Crippen molar-refractivity contribution >= 4 is 12.0 Å². The Bertz CT molecular complexity index is 1100. The van der Waals surface area contributed by atoms with Crippen molar-refractivity contribution in [1.82, 2.24) is 0 Å². The Balaban J connectivity index is 1.60. The van der Waals surface area contributed by atoms with Gasteiger partial charge in [-0.25, -0.2) is 0 Å². The highest BCUT2D eigenvalue weighted by molar-refractivity contribution is 5.71. The van der Waals surface area contributed by atoms with Gasteiger partial charge in [0.1, 0.15) is 23.9 Å². The molecule has 0 amide bonds. The Labute approximate surface area is 183 Å². The highest BCUT2D eigenvalue weighted by Gasteiger charge is 2.29. The van der Waals surface area contributed by atoms with Gasteiger partial charge in [0.2, 0.25) is 0 Å². The lowest BCUT2D eigenvalue weighted by Gasteiger charge is -2.12. The quantitative estimate of drug-likeness (QED) is 0.431. The van der Waals surface area contributed by atoms with Gasteiger partial charge in [-0.2, -0.15) is 13.2 Å². The molecule has 0 fully saturated rings. The number of carboxylic acids is 1. The molecule has 1 N–H and O–H groups in total. The number of benzene rings is 3. The van der Waals surface area contributed by atoms with Gasteiger partial charge in [-0.15, -0.1) is 0 Å². The number of ether oxygens (including phenoxy) is 2. The van der Waals surface area contributed by atoms with E-state index in [1.54, 1.807) is 61.5 Å². The zero-order chi connectivity index (χ0) is 23.1. The molecule has 0 atom stereocenters.